The van der Waals surface area contributed by atoms with E-state index in [0.29, 0.717) is 43.9 Å². The highest BCUT2D eigenvalue weighted by molar-refractivity contribution is 5.79. The van der Waals surface area contributed by atoms with Crippen LogP contribution in [0.5, 0.6) is 0 Å². The summed E-state index contributed by atoms with van der Waals surface area (Å²) < 4.78 is 103. The number of hydrogen-bond acceptors (Lipinski definition) is 30. The molecule has 148 heavy (non-hydrogen) atoms. The smallest absolute Gasteiger partial charge is 0.313 e. The van der Waals surface area contributed by atoms with Gasteiger partial charge in [0.15, 0.2) is 66.9 Å². The Morgan fingerprint density at radius 1 is 0.264 bits per heavy atom. The summed E-state index contributed by atoms with van der Waals surface area (Å²) in [4.78, 5) is 115. The van der Waals surface area contributed by atoms with Gasteiger partial charge < -0.3 is 94.7 Å². The van der Waals surface area contributed by atoms with E-state index in [1.807, 2.05) is 222 Å². The molecule has 0 saturated heterocycles. The second-order valence-corrected chi connectivity index (χ2v) is 47.0. The molecule has 0 radical (unpaired) electrons. The fourth-order valence-electron chi connectivity index (χ4n) is 13.7. The first-order valence-electron chi connectivity index (χ1n) is 56.7. The highest BCUT2D eigenvalue weighted by Gasteiger charge is 2.37. The van der Waals surface area contributed by atoms with Gasteiger partial charge in [-0.15, -0.1) is 0 Å². The molecule has 0 heterocycles. The van der Waals surface area contributed by atoms with Crippen molar-refractivity contribution >= 4 is 59.7 Å². The summed E-state index contributed by atoms with van der Waals surface area (Å²) in [5, 5.41) is 0. The molecule has 30 heteroatoms. The maximum atomic E-state index is 11.7. The van der Waals surface area contributed by atoms with Crippen LogP contribution in [0.15, 0.2) is 0 Å². The second-order valence-electron chi connectivity index (χ2n) is 47.0. The number of rotatable bonds is 52. The maximum Gasteiger partial charge on any atom is 0.313 e. The molecule has 0 bridgehead atoms. The van der Waals surface area contributed by atoms with E-state index in [-0.39, 0.29) is 131 Å². The summed E-state index contributed by atoms with van der Waals surface area (Å²) in [7, 11) is 3.00. The van der Waals surface area contributed by atoms with E-state index in [2.05, 4.69) is 11.7 Å². The first-order valence-corrected chi connectivity index (χ1v) is 56.7. The molecule has 6 rings (SSSR count). The summed E-state index contributed by atoms with van der Waals surface area (Å²) in [5.41, 5.74) is -3.69. The first kappa shape index (κ1) is 149. The van der Waals surface area contributed by atoms with Crippen LogP contribution in [0.25, 0.3) is 0 Å². The summed E-state index contributed by atoms with van der Waals surface area (Å²) in [5.74, 6) is -0.436. The number of ether oxygens (including phenoxy) is 20. The number of carbonyl (C=O) groups is 10. The standard InChI is InChI=1S/C15H28O3.2C14H26O3.2C13H24O3.C12H22O3.2C10H20O3.C9H18O3.C8H16O3/c1-5-14(2,3)13(16)18-12-17-11-15(4)9-7-6-8-10-15;1-4-14(2,3)13(15)17-11-16-10-12-8-6-5-7-9-12;1-4-14(2,3)13(15)17-11-16-12-9-7-5-6-8-10-12;1-4-13(2,3)12(14)16-10-15-9-11-7-5-6-8-11;1-4-13(2,3)12(14)16-10-15-11-8-6-5-7-9-11;1-4-12(2,3)11(13)15-9-14-10-7-5-6-8-10;1-6-10(4,5)9(11)13-8(3)12-7-2;1-5-7-12-8-13-9(11)10(3,4)6-2;1-6-9(3,4)8(10)12-7(2)11-5;1-5-8(2,3)7(9)11-6-10-4/h5-12H2,1-4H3;2*12H,4-11H2,1-3H3;2*11H,4-10H2,1-3H3;10H,4-9H2,1-3H3;8H,6-7H2,1-5H3;5-8H2,1-4H3;7H,6H2,1-5H3;5-6H2,1-4H3. The van der Waals surface area contributed by atoms with Crippen molar-refractivity contribution in [3.05, 3.63) is 0 Å². The largest absolute Gasteiger partial charge is 0.438 e. The number of esters is 10. The Bertz CT molecular complexity index is 3410. The molecule has 6 aliphatic rings. The molecule has 876 valence electrons. The van der Waals surface area contributed by atoms with Gasteiger partial charge in [0.25, 0.3) is 0 Å². The fourth-order valence-corrected chi connectivity index (χ4v) is 13.7. The van der Waals surface area contributed by atoms with Crippen LogP contribution in [0, 0.1) is 71.4 Å². The number of methoxy groups -OCH3 is 2. The molecule has 6 aliphatic carbocycles. The van der Waals surface area contributed by atoms with Crippen LogP contribution in [0.4, 0.5) is 0 Å². The Labute approximate surface area is 900 Å². The molecule has 0 aromatic heterocycles. The third-order valence-corrected chi connectivity index (χ3v) is 29.9. The lowest BCUT2D eigenvalue weighted by atomic mass is 9.76. The average Bonchev–Trinajstić information content (AvgIpc) is 1.08. The molecule has 6 fully saturated rings. The summed E-state index contributed by atoms with van der Waals surface area (Å²) in [6.07, 6.45) is 44.7. The minimum Gasteiger partial charge on any atom is -0.438 e. The zero-order chi connectivity index (χ0) is 114. The maximum absolute atomic E-state index is 11.7. The van der Waals surface area contributed by atoms with Crippen molar-refractivity contribution in [2.24, 2.45) is 71.4 Å². The lowest BCUT2D eigenvalue weighted by Gasteiger charge is -2.33. The van der Waals surface area contributed by atoms with Crippen LogP contribution in [0.1, 0.15) is 499 Å². The van der Waals surface area contributed by atoms with Crippen molar-refractivity contribution in [1.29, 1.82) is 0 Å². The van der Waals surface area contributed by atoms with Crippen LogP contribution >= 0.6 is 0 Å². The molecular weight excluding hydrogens is 1900 g/mol. The molecule has 30 nitrogen and oxygen atoms in total. The van der Waals surface area contributed by atoms with E-state index < -0.39 is 61.3 Å². The number of hydrogen-bond donors (Lipinski definition) is 0. The highest BCUT2D eigenvalue weighted by atomic mass is 16.7. The van der Waals surface area contributed by atoms with Crippen LogP contribution in [0.3, 0.4) is 0 Å². The quantitative estimate of drug-likeness (QED) is 0.0179. The minimum atomic E-state index is -0.455. The van der Waals surface area contributed by atoms with Crippen LogP contribution in [0.2, 0.25) is 0 Å². The van der Waals surface area contributed by atoms with Crippen LogP contribution in [-0.4, -0.2) is 192 Å². The highest BCUT2D eigenvalue weighted by Crippen LogP contribution is 2.38. The van der Waals surface area contributed by atoms with Gasteiger partial charge in [0.05, 0.1) is 98.9 Å². The Balaban J connectivity index is -0.000000781. The molecule has 0 aliphatic heterocycles. The van der Waals surface area contributed by atoms with Crippen molar-refractivity contribution in [3.63, 3.8) is 0 Å². The molecule has 2 unspecified atom stereocenters. The Hall–Kier alpha value is -5.70. The second kappa shape index (κ2) is 81.9. The monoisotopic (exact) mass is 2120 g/mol. The van der Waals surface area contributed by atoms with Crippen LogP contribution < -0.4 is 0 Å². The van der Waals surface area contributed by atoms with E-state index in [1.165, 1.54) is 162 Å². The van der Waals surface area contributed by atoms with Gasteiger partial charge in [0.2, 0.25) is 0 Å². The first-order chi connectivity index (χ1) is 69.1. The van der Waals surface area contributed by atoms with Gasteiger partial charge in [0, 0.05) is 20.8 Å². The zero-order valence-corrected chi connectivity index (χ0v) is 101. The Morgan fingerprint density at radius 2 is 0.480 bits per heavy atom. The van der Waals surface area contributed by atoms with Crippen LogP contribution in [-0.2, 0) is 143 Å². The molecule has 0 aromatic rings. The fraction of sp³-hybridized carbons (Fsp3) is 0.915. The van der Waals surface area contributed by atoms with Gasteiger partial charge in [-0.3, -0.25) is 47.9 Å². The summed E-state index contributed by atoms with van der Waals surface area (Å²) in [6, 6.07) is 0. The molecule has 0 spiro atoms. The lowest BCUT2D eigenvalue weighted by molar-refractivity contribution is -0.184. The Kier molecular flexibility index (Phi) is 82.2. The number of carbonyl (C=O) groups excluding carboxylic acids is 10. The average molecular weight is 2120 g/mol. The minimum absolute atomic E-state index is 0.0439. The normalized spacial score (nSPS) is 16.5. The van der Waals surface area contributed by atoms with Gasteiger partial charge in [-0.1, -0.05) is 192 Å². The predicted molar refractivity (Wildman–Crippen MR) is 583 cm³/mol. The zero-order valence-electron chi connectivity index (χ0n) is 101. The SMILES string of the molecule is CCC(C)(C)C(=O)OC(C)OC.CCC(C)(C)C(=O)OCOC.CCC(C)(C)C(=O)OCOC1CCCC1.CCC(C)(C)C(=O)OCOC1CCCCC1.CCC(C)(C)C(=O)OCOC1CCCCCC1.CCC(C)(C)C(=O)OCOCC1(C)CCCCC1.CCC(C)(C)C(=O)OCOCC1CCCC1.CCC(C)(C)C(=O)OCOCC1CCCCC1.CCCOCOC(=O)C(C)(C)CC.CCOC(C)OC(=O)C(C)(C)CC. The topological polar surface area (TPSA) is 355 Å². The van der Waals surface area contributed by atoms with Crippen molar-refractivity contribution in [3.8, 4) is 0 Å². The molecule has 2 atom stereocenters. The third kappa shape index (κ3) is 70.7. The van der Waals surface area contributed by atoms with Gasteiger partial charge >= 0.3 is 59.7 Å². The van der Waals surface area contributed by atoms with Crippen molar-refractivity contribution in [2.75, 3.05) is 102 Å². The van der Waals surface area contributed by atoms with Crippen molar-refractivity contribution < 1.29 is 143 Å². The van der Waals surface area contributed by atoms with Gasteiger partial charge in [0.1, 0.15) is 0 Å². The molecular formula is C118H224O30. The Morgan fingerprint density at radius 3 is 0.736 bits per heavy atom. The van der Waals surface area contributed by atoms with E-state index in [4.69, 9.17) is 90.0 Å². The molecule has 0 aromatic carbocycles. The van der Waals surface area contributed by atoms with E-state index in [0.717, 1.165) is 122 Å². The van der Waals surface area contributed by atoms with Gasteiger partial charge in [-0.2, -0.15) is 0 Å². The van der Waals surface area contributed by atoms with Crippen molar-refractivity contribution in [1.82, 2.24) is 0 Å². The van der Waals surface area contributed by atoms with Gasteiger partial charge in [-0.25, -0.2) is 0 Å². The lowest BCUT2D eigenvalue weighted by Crippen LogP contribution is -2.30. The summed E-state index contributed by atoms with van der Waals surface area (Å²) in [6.45, 7) is 71.2. The predicted octanol–water partition coefficient (Wildman–Crippen LogP) is 28.6. The van der Waals surface area contributed by atoms with Crippen molar-refractivity contribution in [2.45, 2.75) is 530 Å². The van der Waals surface area contributed by atoms with E-state index in [1.54, 1.807) is 13.8 Å². The van der Waals surface area contributed by atoms with Gasteiger partial charge in [-0.05, 0) is 324 Å². The third-order valence-electron chi connectivity index (χ3n) is 29.9. The van der Waals surface area contributed by atoms with E-state index >= 15 is 0 Å². The molecule has 0 amide bonds. The molecule has 0 N–H and O–H groups in total. The molecule has 6 saturated carbocycles. The summed E-state index contributed by atoms with van der Waals surface area (Å²) >= 11 is 0. The van der Waals surface area contributed by atoms with E-state index in [9.17, 15) is 47.9 Å².